The Balaban J connectivity index is 1.17. The highest BCUT2D eigenvalue weighted by molar-refractivity contribution is 5.55. The molecule has 0 aliphatic carbocycles. The first-order chi connectivity index (χ1) is 24.4. The fraction of sp³-hybridized carbons (Fsp3) is 0.231. The molecule has 3 heterocycles. The van der Waals surface area contributed by atoms with Gasteiger partial charge in [-0.1, -0.05) is 102 Å². The Hall–Kier alpha value is -5.62. The quantitative estimate of drug-likeness (QED) is 0.188. The summed E-state index contributed by atoms with van der Waals surface area (Å²) in [7, 11) is 1.62. The second-order valence-corrected chi connectivity index (χ2v) is 12.3. The molecule has 1 saturated heterocycles. The van der Waals surface area contributed by atoms with Gasteiger partial charge in [-0.15, -0.1) is 5.10 Å². The van der Waals surface area contributed by atoms with Gasteiger partial charge >= 0.3 is 5.69 Å². The molecule has 4 aromatic carbocycles. The molecule has 50 heavy (non-hydrogen) atoms. The predicted octanol–water partition coefficient (Wildman–Crippen LogP) is 4.82. The molecule has 1 aliphatic heterocycles. The number of methoxy groups -OCH3 is 1. The lowest BCUT2D eigenvalue weighted by Crippen LogP contribution is -2.38. The van der Waals surface area contributed by atoms with Crippen LogP contribution in [0.5, 0.6) is 5.75 Å². The molecule has 6 aromatic rings. The van der Waals surface area contributed by atoms with Crippen molar-refractivity contribution < 1.29 is 19.3 Å². The van der Waals surface area contributed by atoms with Gasteiger partial charge in [-0.2, -0.15) is 0 Å². The topological polar surface area (TPSA) is 133 Å². The molecule has 7 rings (SSSR count). The molecule has 1 fully saturated rings. The molecule has 0 amide bonds. The number of hydrogen-bond acceptors (Lipinski definition) is 8. The van der Waals surface area contributed by atoms with Gasteiger partial charge in [-0.3, -0.25) is 14.3 Å². The molecular formula is C39H37N5O6. The van der Waals surface area contributed by atoms with Gasteiger partial charge in [-0.25, -0.2) is 9.48 Å². The maximum atomic E-state index is 13.1. The lowest BCUT2D eigenvalue weighted by molar-refractivity contribution is -0.0944. The third-order valence-electron chi connectivity index (χ3n) is 9.21. The zero-order chi connectivity index (χ0) is 34.7. The van der Waals surface area contributed by atoms with E-state index in [1.165, 1.54) is 10.8 Å². The smallest absolute Gasteiger partial charge is 0.330 e. The van der Waals surface area contributed by atoms with Gasteiger partial charge in [0.25, 0.3) is 5.56 Å². The Morgan fingerprint density at radius 1 is 0.880 bits per heavy atom. The van der Waals surface area contributed by atoms with Crippen LogP contribution in [0.25, 0.3) is 11.3 Å². The van der Waals surface area contributed by atoms with E-state index in [2.05, 4.69) is 15.3 Å². The first-order valence-corrected chi connectivity index (χ1v) is 16.4. The summed E-state index contributed by atoms with van der Waals surface area (Å²) in [6.07, 6.45) is 0.566. The van der Waals surface area contributed by atoms with Crippen LogP contribution in [0, 0.1) is 6.92 Å². The van der Waals surface area contributed by atoms with E-state index in [0.717, 1.165) is 27.8 Å². The molecule has 0 bridgehead atoms. The third kappa shape index (κ3) is 6.41. The van der Waals surface area contributed by atoms with Crippen LogP contribution in [0.4, 0.5) is 0 Å². The van der Waals surface area contributed by atoms with E-state index in [1.807, 2.05) is 116 Å². The van der Waals surface area contributed by atoms with Crippen LogP contribution >= 0.6 is 0 Å². The number of aryl methyl sites for hydroxylation is 1. The van der Waals surface area contributed by atoms with Crippen molar-refractivity contribution in [1.29, 1.82) is 0 Å². The molecule has 3 atom stereocenters. The summed E-state index contributed by atoms with van der Waals surface area (Å²) in [6.45, 7) is 2.48. The Labute approximate surface area is 288 Å². The summed E-state index contributed by atoms with van der Waals surface area (Å²) >= 11 is 0. The first kappa shape index (κ1) is 32.9. The molecular weight excluding hydrogens is 634 g/mol. The van der Waals surface area contributed by atoms with Crippen molar-refractivity contribution in [1.82, 2.24) is 24.5 Å². The monoisotopic (exact) mass is 671 g/mol. The SMILES string of the molecule is COc1ccc(C(OC[C@H]2O[C@@H](n3cc(-c4cn(Cc5ccccc5C)nn4)c(=O)[nH]c3=O)C[C@@H]2O)(c2ccccc2)c2ccccc2)cc1. The van der Waals surface area contributed by atoms with Crippen molar-refractivity contribution in [3.63, 3.8) is 0 Å². The minimum Gasteiger partial charge on any atom is -0.497 e. The van der Waals surface area contributed by atoms with Crippen LogP contribution in [0.3, 0.4) is 0 Å². The minimum atomic E-state index is -1.07. The first-order valence-electron chi connectivity index (χ1n) is 16.4. The van der Waals surface area contributed by atoms with E-state index in [4.69, 9.17) is 14.2 Å². The standard InChI is InChI=1S/C39H37N5O6/c1-26-11-9-10-12-27(26)22-43-24-33(41-42-43)32-23-44(38(47)40-37(32)46)36-21-34(45)35(50-36)25-49-39(28-13-5-3-6-14-28,29-15-7-4-8-16-29)30-17-19-31(48-2)20-18-30/h3-20,23-24,34-36,45H,21-22,25H2,1-2H3,(H,40,46,47)/t34-,35+,36+/m0/s1. The van der Waals surface area contributed by atoms with Crippen LogP contribution in [-0.2, 0) is 21.6 Å². The average molecular weight is 672 g/mol. The average Bonchev–Trinajstić information content (AvgIpc) is 3.76. The highest BCUT2D eigenvalue weighted by Crippen LogP contribution is 2.42. The second-order valence-electron chi connectivity index (χ2n) is 12.3. The Morgan fingerprint density at radius 3 is 2.18 bits per heavy atom. The van der Waals surface area contributed by atoms with Crippen molar-refractivity contribution in [3.8, 4) is 17.0 Å². The molecule has 1 aliphatic rings. The van der Waals surface area contributed by atoms with Crippen LogP contribution < -0.4 is 16.0 Å². The van der Waals surface area contributed by atoms with Gasteiger partial charge < -0.3 is 19.3 Å². The largest absolute Gasteiger partial charge is 0.497 e. The number of ether oxygens (including phenoxy) is 3. The maximum Gasteiger partial charge on any atom is 0.330 e. The summed E-state index contributed by atoms with van der Waals surface area (Å²) in [5.74, 6) is 0.709. The van der Waals surface area contributed by atoms with E-state index >= 15 is 0 Å². The number of benzene rings is 4. The van der Waals surface area contributed by atoms with Gasteiger partial charge in [0.1, 0.15) is 29.4 Å². The highest BCUT2D eigenvalue weighted by Gasteiger charge is 2.42. The van der Waals surface area contributed by atoms with Crippen LogP contribution in [0.15, 0.2) is 131 Å². The zero-order valence-electron chi connectivity index (χ0n) is 27.7. The summed E-state index contributed by atoms with van der Waals surface area (Å²) in [4.78, 5) is 28.4. The lowest BCUT2D eigenvalue weighted by Gasteiger charge is -2.37. The fourth-order valence-electron chi connectivity index (χ4n) is 6.51. The molecule has 0 saturated carbocycles. The van der Waals surface area contributed by atoms with Gasteiger partial charge in [-0.05, 0) is 46.9 Å². The molecule has 254 valence electrons. The van der Waals surface area contributed by atoms with E-state index in [0.29, 0.717) is 18.0 Å². The second kappa shape index (κ2) is 14.1. The summed E-state index contributed by atoms with van der Waals surface area (Å²) < 4.78 is 21.6. The number of nitrogens with zero attached hydrogens (tertiary/aromatic N) is 4. The van der Waals surface area contributed by atoms with Gasteiger partial charge in [0.15, 0.2) is 0 Å². The van der Waals surface area contributed by atoms with Crippen molar-refractivity contribution >= 4 is 0 Å². The van der Waals surface area contributed by atoms with E-state index in [9.17, 15) is 14.7 Å². The molecule has 11 nitrogen and oxygen atoms in total. The molecule has 11 heteroatoms. The number of aromatic nitrogens is 5. The number of aliphatic hydroxyl groups excluding tert-OH is 1. The van der Waals surface area contributed by atoms with Crippen LogP contribution in [0.2, 0.25) is 0 Å². The van der Waals surface area contributed by atoms with Gasteiger partial charge in [0.05, 0.1) is 38.1 Å². The summed E-state index contributed by atoms with van der Waals surface area (Å²) in [6, 6.07) is 35.4. The Bertz CT molecular complexity index is 2140. The third-order valence-corrected chi connectivity index (χ3v) is 9.21. The number of nitrogens with one attached hydrogen (secondary N) is 1. The number of rotatable bonds is 11. The van der Waals surface area contributed by atoms with E-state index < -0.39 is 35.3 Å². The molecule has 2 N–H and O–H groups in total. The van der Waals surface area contributed by atoms with Crippen molar-refractivity contribution in [3.05, 3.63) is 170 Å². The van der Waals surface area contributed by atoms with E-state index in [1.54, 1.807) is 18.0 Å². The van der Waals surface area contributed by atoms with Crippen molar-refractivity contribution in [2.24, 2.45) is 0 Å². The minimum absolute atomic E-state index is 0.00826. The number of H-pyrrole nitrogens is 1. The van der Waals surface area contributed by atoms with Gasteiger partial charge in [0.2, 0.25) is 0 Å². The maximum absolute atomic E-state index is 13.1. The number of aromatic amines is 1. The van der Waals surface area contributed by atoms with Crippen molar-refractivity contribution in [2.45, 2.75) is 43.9 Å². The molecule has 2 aromatic heterocycles. The number of aliphatic hydroxyl groups is 1. The van der Waals surface area contributed by atoms with Crippen molar-refractivity contribution in [2.75, 3.05) is 13.7 Å². The Morgan fingerprint density at radius 2 is 1.52 bits per heavy atom. The van der Waals surface area contributed by atoms with Crippen LogP contribution in [-0.4, -0.2) is 55.6 Å². The highest BCUT2D eigenvalue weighted by atomic mass is 16.6. The van der Waals surface area contributed by atoms with E-state index in [-0.39, 0.29) is 18.6 Å². The van der Waals surface area contributed by atoms with Crippen LogP contribution in [0.1, 0.15) is 40.5 Å². The number of hydrogen-bond donors (Lipinski definition) is 2. The Kier molecular flexibility index (Phi) is 9.27. The molecule has 0 spiro atoms. The molecule has 0 radical (unpaired) electrons. The summed E-state index contributed by atoms with van der Waals surface area (Å²) in [5, 5.41) is 19.7. The lowest BCUT2D eigenvalue weighted by atomic mass is 9.80. The van der Waals surface area contributed by atoms with Gasteiger partial charge in [0, 0.05) is 12.6 Å². The summed E-state index contributed by atoms with van der Waals surface area (Å²) in [5.41, 5.74) is 2.95. The zero-order valence-corrected chi connectivity index (χ0v) is 27.7. The molecule has 0 unspecified atom stereocenters. The fourth-order valence-corrected chi connectivity index (χ4v) is 6.51. The normalized spacial score (nSPS) is 17.5. The predicted molar refractivity (Wildman–Crippen MR) is 187 cm³/mol.